The van der Waals surface area contributed by atoms with E-state index in [4.69, 9.17) is 9.47 Å². The zero-order chi connectivity index (χ0) is 34.4. The molecule has 2 atom stereocenters. The van der Waals surface area contributed by atoms with Crippen LogP contribution in [-0.2, 0) is 11.2 Å². The first-order chi connectivity index (χ1) is 23.5. The van der Waals surface area contributed by atoms with E-state index < -0.39 is 30.2 Å². The number of halogens is 2. The van der Waals surface area contributed by atoms with E-state index in [9.17, 15) is 9.59 Å². The number of hydrogen-bond donors (Lipinski definition) is 2. The van der Waals surface area contributed by atoms with Gasteiger partial charge in [-0.3, -0.25) is 19.7 Å². The molecule has 0 aliphatic carbocycles. The Morgan fingerprint density at radius 3 is 2.59 bits per heavy atom. The molecule has 0 spiro atoms. The molecule has 3 fully saturated rings. The molecular formula is C37H45F2N6O4+. The molecular weight excluding hydrogens is 630 g/mol. The molecule has 10 nitrogen and oxygen atoms in total. The number of pyridine rings is 1. The number of rotatable bonds is 9. The molecule has 1 amide bonds. The Morgan fingerprint density at radius 2 is 1.86 bits per heavy atom. The minimum Gasteiger partial charge on any atom is -0.463 e. The number of carbonyl (C=O) groups excluding carboxylic acids is 1. The summed E-state index contributed by atoms with van der Waals surface area (Å²) in [6.07, 6.45) is 5.34. The van der Waals surface area contributed by atoms with Gasteiger partial charge in [-0.25, -0.2) is 13.3 Å². The molecule has 3 aliphatic heterocycles. The molecule has 12 heteroatoms. The van der Waals surface area contributed by atoms with Gasteiger partial charge in [0.2, 0.25) is 0 Å². The third kappa shape index (κ3) is 6.08. The SMILES string of the molecule is CC1([N+](C)(C)C(=O)OCC(F)Cc2cccc3cccc(-c4ncc5c(=O)[nH]c(OCC67CCCN6CCC7)nc5c4F)c23)CCCNC1. The van der Waals surface area contributed by atoms with Gasteiger partial charge in [0.1, 0.15) is 36.1 Å². The molecule has 0 saturated carbocycles. The van der Waals surface area contributed by atoms with Crippen molar-refractivity contribution in [2.75, 3.05) is 53.5 Å². The number of carbonyl (C=O) groups is 1. The number of nitrogens with zero attached hydrogens (tertiary/aromatic N) is 4. The molecule has 2 aromatic carbocycles. The van der Waals surface area contributed by atoms with Crippen molar-refractivity contribution in [2.45, 2.75) is 69.1 Å². The van der Waals surface area contributed by atoms with Crippen LogP contribution in [-0.4, -0.2) is 101 Å². The number of hydrogen-bond acceptors (Lipinski definition) is 8. The monoisotopic (exact) mass is 675 g/mol. The lowest BCUT2D eigenvalue weighted by Gasteiger charge is -2.45. The minimum absolute atomic E-state index is 0.00109. The average Bonchev–Trinajstić information content (AvgIpc) is 3.68. The average molecular weight is 676 g/mol. The Balaban J connectivity index is 1.14. The summed E-state index contributed by atoms with van der Waals surface area (Å²) in [5.74, 6) is -0.756. The topological polar surface area (TPSA) is 109 Å². The summed E-state index contributed by atoms with van der Waals surface area (Å²) in [6.45, 7) is 5.66. The van der Waals surface area contributed by atoms with Gasteiger partial charge in [-0.1, -0.05) is 36.4 Å². The number of quaternary nitrogens is 1. The highest BCUT2D eigenvalue weighted by atomic mass is 19.1. The van der Waals surface area contributed by atoms with Crippen LogP contribution < -0.4 is 15.6 Å². The summed E-state index contributed by atoms with van der Waals surface area (Å²) in [4.78, 5) is 40.1. The molecule has 49 heavy (non-hydrogen) atoms. The van der Waals surface area contributed by atoms with Crippen molar-refractivity contribution in [3.05, 3.63) is 64.3 Å². The molecule has 2 N–H and O–H groups in total. The highest BCUT2D eigenvalue weighted by molar-refractivity contribution is 5.99. The quantitative estimate of drug-likeness (QED) is 0.224. The first-order valence-electron chi connectivity index (χ1n) is 17.3. The van der Waals surface area contributed by atoms with Crippen molar-refractivity contribution >= 4 is 27.8 Å². The molecule has 260 valence electrons. The first-order valence-corrected chi connectivity index (χ1v) is 17.3. The van der Waals surface area contributed by atoms with E-state index in [-0.39, 0.29) is 44.6 Å². The summed E-state index contributed by atoms with van der Waals surface area (Å²) in [7, 11) is 3.61. The second-order valence-electron chi connectivity index (χ2n) is 14.7. The Kier molecular flexibility index (Phi) is 8.91. The Bertz CT molecular complexity index is 1930. The van der Waals surface area contributed by atoms with E-state index in [2.05, 4.69) is 25.2 Å². The third-order valence-corrected chi connectivity index (χ3v) is 11.4. The Hall–Kier alpha value is -4.00. The van der Waals surface area contributed by atoms with Crippen LogP contribution in [0.1, 0.15) is 51.0 Å². The number of ether oxygens (including phenoxy) is 2. The van der Waals surface area contributed by atoms with E-state index in [1.54, 1.807) is 32.3 Å². The van der Waals surface area contributed by atoms with Gasteiger partial charge < -0.3 is 14.8 Å². The number of aromatic nitrogens is 3. The summed E-state index contributed by atoms with van der Waals surface area (Å²) in [5.41, 5.74) is -0.0269. The van der Waals surface area contributed by atoms with Gasteiger partial charge in [0.05, 0.1) is 31.6 Å². The van der Waals surface area contributed by atoms with E-state index in [1.807, 2.05) is 25.1 Å². The lowest BCUT2D eigenvalue weighted by atomic mass is 9.89. The van der Waals surface area contributed by atoms with Crippen LogP contribution in [0.5, 0.6) is 6.01 Å². The molecule has 3 saturated heterocycles. The van der Waals surface area contributed by atoms with Gasteiger partial charge in [0.25, 0.3) is 11.6 Å². The maximum absolute atomic E-state index is 16.4. The van der Waals surface area contributed by atoms with Crippen molar-refractivity contribution in [1.29, 1.82) is 0 Å². The maximum atomic E-state index is 16.4. The van der Waals surface area contributed by atoms with Gasteiger partial charge in [0.15, 0.2) is 5.82 Å². The van der Waals surface area contributed by atoms with Gasteiger partial charge in [-0.05, 0) is 75.0 Å². The number of amides is 1. The number of aromatic amines is 1. The third-order valence-electron chi connectivity index (χ3n) is 11.4. The van der Waals surface area contributed by atoms with Crippen molar-refractivity contribution in [3.63, 3.8) is 0 Å². The predicted molar refractivity (Wildman–Crippen MR) is 184 cm³/mol. The largest absolute Gasteiger partial charge is 0.516 e. The van der Waals surface area contributed by atoms with Crippen LogP contribution in [0.2, 0.25) is 0 Å². The Labute approximate surface area is 284 Å². The van der Waals surface area contributed by atoms with Gasteiger partial charge in [0, 0.05) is 24.6 Å². The van der Waals surface area contributed by atoms with Crippen LogP contribution >= 0.6 is 0 Å². The highest BCUT2D eigenvalue weighted by Crippen LogP contribution is 2.39. The molecule has 5 heterocycles. The molecule has 7 rings (SSSR count). The fraction of sp³-hybridized carbons (Fsp3) is 0.514. The van der Waals surface area contributed by atoms with Crippen LogP contribution in [0.3, 0.4) is 0 Å². The van der Waals surface area contributed by atoms with E-state index >= 15 is 8.78 Å². The zero-order valence-electron chi connectivity index (χ0n) is 28.5. The highest BCUT2D eigenvalue weighted by Gasteiger charge is 2.49. The maximum Gasteiger partial charge on any atom is 0.516 e. The number of H-pyrrole nitrogens is 1. The normalized spacial score (nSPS) is 21.6. The van der Waals surface area contributed by atoms with Crippen molar-refractivity contribution in [3.8, 4) is 17.3 Å². The number of fused-ring (bicyclic) bond motifs is 3. The lowest BCUT2D eigenvalue weighted by molar-refractivity contribution is -0.871. The van der Waals surface area contributed by atoms with Crippen molar-refractivity contribution < 1.29 is 27.5 Å². The Morgan fingerprint density at radius 1 is 1.10 bits per heavy atom. The van der Waals surface area contributed by atoms with Crippen LogP contribution in [0.25, 0.3) is 32.9 Å². The first kappa shape index (κ1) is 33.5. The standard InChI is InChI=1S/C37H44F2N6O4/c1-36(13-6-16-40-22-36)45(2,3)35(47)48-21-26(38)19-25-11-4-9-24-10-5-12-27(29(24)25)31-30(39)32-28(20-41-31)33(46)43-34(42-32)49-23-37-14-7-17-44(37)18-8-15-37/h4-5,9-12,20,26,40H,6-8,13-19,21-23H2,1-3H3/p+1. The number of piperidine rings is 1. The van der Waals surface area contributed by atoms with Crippen LogP contribution in [0, 0.1) is 5.82 Å². The number of likely N-dealkylation sites (N-methyl/N-ethyl adjacent to an activating group) is 1. The van der Waals surface area contributed by atoms with Crippen molar-refractivity contribution in [1.82, 2.24) is 25.2 Å². The number of benzene rings is 2. The van der Waals surface area contributed by atoms with E-state index in [1.165, 1.54) is 6.20 Å². The fourth-order valence-electron chi connectivity index (χ4n) is 8.11. The van der Waals surface area contributed by atoms with Crippen molar-refractivity contribution in [2.24, 2.45) is 0 Å². The fourth-order valence-corrected chi connectivity index (χ4v) is 8.11. The second kappa shape index (κ2) is 13.0. The summed E-state index contributed by atoms with van der Waals surface area (Å²) in [6, 6.07) is 10.8. The zero-order valence-corrected chi connectivity index (χ0v) is 28.5. The molecule has 0 radical (unpaired) electrons. The molecule has 2 aromatic heterocycles. The molecule has 4 aromatic rings. The lowest BCUT2D eigenvalue weighted by Crippen LogP contribution is -2.66. The van der Waals surface area contributed by atoms with Crippen LogP contribution in [0.4, 0.5) is 13.6 Å². The second-order valence-corrected chi connectivity index (χ2v) is 14.7. The summed E-state index contributed by atoms with van der Waals surface area (Å²) < 4.78 is 43.6. The summed E-state index contributed by atoms with van der Waals surface area (Å²) in [5, 5.41) is 4.77. The van der Waals surface area contributed by atoms with Crippen LogP contribution in [0.15, 0.2) is 47.4 Å². The van der Waals surface area contributed by atoms with E-state index in [0.717, 1.165) is 63.5 Å². The van der Waals surface area contributed by atoms with Gasteiger partial charge >= 0.3 is 6.09 Å². The predicted octanol–water partition coefficient (Wildman–Crippen LogP) is 5.52. The number of nitrogens with one attached hydrogen (secondary N) is 2. The molecule has 0 bridgehead atoms. The smallest absolute Gasteiger partial charge is 0.463 e. The summed E-state index contributed by atoms with van der Waals surface area (Å²) >= 11 is 0. The van der Waals surface area contributed by atoms with E-state index in [0.29, 0.717) is 29.7 Å². The number of alkyl halides is 1. The molecule has 2 unspecified atom stereocenters. The van der Waals surface area contributed by atoms with Gasteiger partial charge in [-0.2, -0.15) is 9.78 Å². The van der Waals surface area contributed by atoms with Gasteiger partial charge in [-0.15, -0.1) is 0 Å². The molecule has 3 aliphatic rings. The minimum atomic E-state index is -1.50.